The first-order chi connectivity index (χ1) is 26.0. The van der Waals surface area contributed by atoms with Crippen molar-refractivity contribution >= 4 is 13.7 Å². The molecule has 0 aliphatic heterocycles. The number of unbranched alkanes of at least 4 members (excludes halogenated alkanes) is 24. The zero-order valence-corrected chi connectivity index (χ0v) is 37.1. The lowest BCUT2D eigenvalue weighted by Crippen LogP contribution is -2.46. The predicted octanol–water partition coefficient (Wildman–Crippen LogP) is 12.5. The van der Waals surface area contributed by atoms with Gasteiger partial charge in [0.25, 0.3) is 0 Å². The second-order valence-corrected chi connectivity index (χ2v) is 18.2. The van der Waals surface area contributed by atoms with Crippen LogP contribution in [0, 0.1) is 0 Å². The van der Waals surface area contributed by atoms with Crippen molar-refractivity contribution < 1.29 is 32.9 Å². The van der Waals surface area contributed by atoms with E-state index in [-0.39, 0.29) is 19.1 Å². The molecule has 0 fully saturated rings. The Balaban J connectivity index is 3.78. The highest BCUT2D eigenvalue weighted by atomic mass is 31.2. The summed E-state index contributed by atoms with van der Waals surface area (Å²) >= 11 is 0. The van der Waals surface area contributed by atoms with Crippen molar-refractivity contribution in [1.29, 1.82) is 0 Å². The van der Waals surface area contributed by atoms with Gasteiger partial charge in [0, 0.05) is 6.42 Å². The van der Waals surface area contributed by atoms with Crippen LogP contribution >= 0.6 is 7.82 Å². The Kier molecular flexibility index (Phi) is 36.8. The lowest BCUT2D eigenvalue weighted by Gasteiger charge is -2.26. The summed E-state index contributed by atoms with van der Waals surface area (Å²) in [4.78, 5) is 22.8. The molecule has 3 N–H and O–H groups in total. The maximum absolute atomic E-state index is 12.7. The van der Waals surface area contributed by atoms with Gasteiger partial charge in [-0.05, 0) is 44.9 Å². The average molecular weight is 786 g/mol. The number of phosphoric acid groups is 1. The zero-order valence-electron chi connectivity index (χ0n) is 36.2. The fraction of sp³-hybridized carbons (Fsp3) is 0.889. The van der Waals surface area contributed by atoms with E-state index >= 15 is 0 Å². The van der Waals surface area contributed by atoms with Gasteiger partial charge in [0.2, 0.25) is 5.91 Å². The molecule has 0 spiro atoms. The first-order valence-electron chi connectivity index (χ1n) is 22.7. The van der Waals surface area contributed by atoms with Crippen molar-refractivity contribution in [1.82, 2.24) is 5.32 Å². The van der Waals surface area contributed by atoms with Gasteiger partial charge in [-0.3, -0.25) is 13.8 Å². The van der Waals surface area contributed by atoms with Crippen molar-refractivity contribution in [2.24, 2.45) is 0 Å². The summed E-state index contributed by atoms with van der Waals surface area (Å²) in [6.45, 7) is 4.71. The number of hydrogen-bond donors (Lipinski definition) is 3. The zero-order chi connectivity index (χ0) is 40.0. The number of quaternary nitrogens is 1. The van der Waals surface area contributed by atoms with Crippen LogP contribution < -0.4 is 5.32 Å². The minimum Gasteiger partial charge on any atom is -0.391 e. The van der Waals surface area contributed by atoms with Crippen LogP contribution in [-0.2, 0) is 18.4 Å². The molecule has 0 saturated heterocycles. The van der Waals surface area contributed by atoms with Crippen LogP contribution in [0.2, 0.25) is 0 Å². The lowest BCUT2D eigenvalue weighted by atomic mass is 10.0. The van der Waals surface area contributed by atoms with Gasteiger partial charge in [-0.15, -0.1) is 0 Å². The smallest absolute Gasteiger partial charge is 0.391 e. The first-order valence-corrected chi connectivity index (χ1v) is 24.2. The molecule has 0 aromatic rings. The van der Waals surface area contributed by atoms with Crippen molar-refractivity contribution in [3.8, 4) is 0 Å². The number of nitrogens with one attached hydrogen (secondary N) is 1. The van der Waals surface area contributed by atoms with E-state index in [1.54, 1.807) is 0 Å². The highest BCUT2D eigenvalue weighted by Gasteiger charge is 2.28. The van der Waals surface area contributed by atoms with Crippen LogP contribution in [0.1, 0.15) is 206 Å². The molecule has 320 valence electrons. The fourth-order valence-corrected chi connectivity index (χ4v) is 7.28. The second kappa shape index (κ2) is 37.6. The number of carbonyl (C=O) groups is 1. The lowest BCUT2D eigenvalue weighted by molar-refractivity contribution is -0.870. The highest BCUT2D eigenvalue weighted by molar-refractivity contribution is 7.47. The van der Waals surface area contributed by atoms with Crippen LogP contribution in [-0.4, -0.2) is 73.4 Å². The van der Waals surface area contributed by atoms with Gasteiger partial charge in [0.05, 0.1) is 39.9 Å². The molecule has 0 rings (SSSR count). The molecular formula is C45H90N2O6P+. The van der Waals surface area contributed by atoms with Gasteiger partial charge >= 0.3 is 7.82 Å². The summed E-state index contributed by atoms with van der Waals surface area (Å²) in [5.74, 6) is -0.155. The first kappa shape index (κ1) is 53.0. The number of aliphatic hydroxyl groups is 1. The topological polar surface area (TPSA) is 105 Å². The largest absolute Gasteiger partial charge is 0.472 e. The molecule has 0 aliphatic carbocycles. The van der Waals surface area contributed by atoms with Crippen molar-refractivity contribution in [3.05, 3.63) is 24.3 Å². The summed E-state index contributed by atoms with van der Waals surface area (Å²) in [5.41, 5.74) is 0. The Bertz CT molecular complexity index is 938. The molecule has 0 aromatic heterocycles. The molecule has 0 aromatic carbocycles. The molecule has 3 unspecified atom stereocenters. The number of hydrogen-bond acceptors (Lipinski definition) is 5. The van der Waals surface area contributed by atoms with Gasteiger partial charge < -0.3 is 19.8 Å². The van der Waals surface area contributed by atoms with Crippen molar-refractivity contribution in [3.63, 3.8) is 0 Å². The monoisotopic (exact) mass is 786 g/mol. The summed E-state index contributed by atoms with van der Waals surface area (Å²) < 4.78 is 23.3. The fourth-order valence-electron chi connectivity index (χ4n) is 6.55. The summed E-state index contributed by atoms with van der Waals surface area (Å²) in [5, 5.41) is 13.6. The van der Waals surface area contributed by atoms with Crippen LogP contribution in [0.3, 0.4) is 0 Å². The maximum atomic E-state index is 12.7. The molecule has 0 heterocycles. The third-order valence-electron chi connectivity index (χ3n) is 10.2. The molecule has 0 bridgehead atoms. The van der Waals surface area contributed by atoms with E-state index in [9.17, 15) is 19.4 Å². The number of amides is 1. The highest BCUT2D eigenvalue weighted by Crippen LogP contribution is 2.43. The average Bonchev–Trinajstić information content (AvgIpc) is 3.12. The standard InChI is InChI=1S/C45H89N2O6P/c1-6-8-10-11-12-13-14-15-16-17-18-19-20-21-22-23-24-25-26-27-28-29-30-31-32-33-34-35-37-39-45(49)46-43(44(48)38-36-9-7-2)42-53-54(50,51)52-41-40-47(3,4)5/h14-15,17-18,43-44,48H,6-13,16,19-42H2,1-5H3,(H-,46,49,50,51)/p+1/b15-14-,18-17-. The number of carbonyl (C=O) groups excluding carboxylic acids is 1. The van der Waals surface area contributed by atoms with E-state index in [2.05, 4.69) is 43.5 Å². The Morgan fingerprint density at radius 1 is 0.630 bits per heavy atom. The number of phosphoric ester groups is 1. The SMILES string of the molecule is CCCCCCC/C=C\C/C=C\CCCCCCCCCCCCCCCCCCCC(=O)NC(COP(=O)(O)OCC[N+](C)(C)C)C(O)CCCCC. The van der Waals surface area contributed by atoms with E-state index < -0.39 is 20.0 Å². The molecule has 3 atom stereocenters. The van der Waals surface area contributed by atoms with E-state index in [1.165, 1.54) is 135 Å². The molecule has 54 heavy (non-hydrogen) atoms. The number of rotatable bonds is 41. The summed E-state index contributed by atoms with van der Waals surface area (Å²) in [6.07, 6.45) is 44.5. The molecule has 0 aliphatic rings. The molecule has 8 nitrogen and oxygen atoms in total. The van der Waals surface area contributed by atoms with Gasteiger partial charge in [-0.1, -0.05) is 179 Å². The number of nitrogens with zero attached hydrogens (tertiary/aromatic N) is 1. The third-order valence-corrected chi connectivity index (χ3v) is 11.2. The van der Waals surface area contributed by atoms with Gasteiger partial charge in [-0.25, -0.2) is 4.57 Å². The Hall–Kier alpha value is -1.02. The minimum atomic E-state index is -4.29. The third kappa shape index (κ3) is 39.2. The van der Waals surface area contributed by atoms with Crippen LogP contribution in [0.4, 0.5) is 0 Å². The van der Waals surface area contributed by atoms with Gasteiger partial charge in [0.1, 0.15) is 13.2 Å². The molecule has 1 amide bonds. The van der Waals surface area contributed by atoms with E-state index in [1.807, 2.05) is 21.1 Å². The Morgan fingerprint density at radius 3 is 1.52 bits per heavy atom. The number of likely N-dealkylation sites (N-methyl/N-ethyl adjacent to an activating group) is 1. The summed E-state index contributed by atoms with van der Waals surface area (Å²) in [7, 11) is 1.61. The molecule has 0 saturated carbocycles. The van der Waals surface area contributed by atoms with Crippen molar-refractivity contribution in [2.45, 2.75) is 219 Å². The van der Waals surface area contributed by atoms with Gasteiger partial charge in [0.15, 0.2) is 0 Å². The van der Waals surface area contributed by atoms with Gasteiger partial charge in [-0.2, -0.15) is 0 Å². The van der Waals surface area contributed by atoms with Crippen LogP contribution in [0.15, 0.2) is 24.3 Å². The van der Waals surface area contributed by atoms with E-state index in [0.29, 0.717) is 23.9 Å². The van der Waals surface area contributed by atoms with Crippen LogP contribution in [0.5, 0.6) is 0 Å². The number of aliphatic hydroxyl groups excluding tert-OH is 1. The predicted molar refractivity (Wildman–Crippen MR) is 231 cm³/mol. The quantitative estimate of drug-likeness (QED) is 0.0247. The normalized spacial score (nSPS) is 14.6. The number of allylic oxidation sites excluding steroid dienone is 4. The van der Waals surface area contributed by atoms with Crippen LogP contribution in [0.25, 0.3) is 0 Å². The Morgan fingerprint density at radius 2 is 1.06 bits per heavy atom. The van der Waals surface area contributed by atoms with E-state index in [4.69, 9.17) is 9.05 Å². The van der Waals surface area contributed by atoms with Crippen molar-refractivity contribution in [2.75, 3.05) is 40.9 Å². The molecule has 9 heteroatoms. The maximum Gasteiger partial charge on any atom is 0.472 e. The second-order valence-electron chi connectivity index (χ2n) is 16.8. The van der Waals surface area contributed by atoms with E-state index in [0.717, 1.165) is 44.9 Å². The Labute approximate surface area is 334 Å². The summed E-state index contributed by atoms with van der Waals surface area (Å²) in [6, 6.07) is -0.753. The molecular weight excluding hydrogens is 695 g/mol. The molecule has 0 radical (unpaired) electrons. The minimum absolute atomic E-state index is 0.0742.